The third-order valence-corrected chi connectivity index (χ3v) is 4.34. The van der Waals surface area contributed by atoms with Crippen molar-refractivity contribution in [3.63, 3.8) is 0 Å². The van der Waals surface area contributed by atoms with E-state index in [2.05, 4.69) is 4.98 Å². The van der Waals surface area contributed by atoms with Gasteiger partial charge < -0.3 is 19.7 Å². The second kappa shape index (κ2) is 6.62. The van der Waals surface area contributed by atoms with Crippen LogP contribution >= 0.6 is 0 Å². The highest BCUT2D eigenvalue weighted by Crippen LogP contribution is 2.30. The van der Waals surface area contributed by atoms with E-state index >= 15 is 0 Å². The predicted molar refractivity (Wildman–Crippen MR) is 91.7 cm³/mol. The molecule has 23 heavy (non-hydrogen) atoms. The number of hydrogen-bond acceptors (Lipinski definition) is 3. The number of rotatable bonds is 5. The van der Waals surface area contributed by atoms with E-state index in [0.29, 0.717) is 0 Å². The lowest BCUT2D eigenvalue weighted by atomic mass is 9.86. The summed E-state index contributed by atoms with van der Waals surface area (Å²) in [6, 6.07) is 5.54. The van der Waals surface area contributed by atoms with Crippen LogP contribution in [0.25, 0.3) is 10.9 Å². The van der Waals surface area contributed by atoms with Crippen molar-refractivity contribution in [2.75, 3.05) is 20.8 Å². The molecule has 0 saturated carbocycles. The van der Waals surface area contributed by atoms with Crippen LogP contribution in [0, 0.1) is 5.41 Å². The maximum Gasteiger partial charge on any atom is 0.227 e. The van der Waals surface area contributed by atoms with Crippen molar-refractivity contribution in [1.82, 2.24) is 9.88 Å². The third-order valence-electron chi connectivity index (χ3n) is 4.34. The molecule has 126 valence electrons. The van der Waals surface area contributed by atoms with Gasteiger partial charge >= 0.3 is 0 Å². The molecule has 2 N–H and O–H groups in total. The van der Waals surface area contributed by atoms with Gasteiger partial charge in [-0.2, -0.15) is 0 Å². The molecule has 0 fully saturated rings. The number of carbonyl (C=O) groups excluding carboxylic acids is 1. The number of H-pyrrole nitrogens is 1. The van der Waals surface area contributed by atoms with Crippen LogP contribution in [0.3, 0.4) is 0 Å². The monoisotopic (exact) mass is 318 g/mol. The van der Waals surface area contributed by atoms with E-state index in [4.69, 9.17) is 4.74 Å². The summed E-state index contributed by atoms with van der Waals surface area (Å²) >= 11 is 0. The zero-order valence-corrected chi connectivity index (χ0v) is 14.5. The molecule has 1 aromatic heterocycles. The number of benzene rings is 1. The second-order valence-electron chi connectivity index (χ2n) is 6.94. The first kappa shape index (κ1) is 17.3. The van der Waals surface area contributed by atoms with E-state index in [1.807, 2.05) is 45.2 Å². The quantitative estimate of drug-likeness (QED) is 0.890. The maximum atomic E-state index is 12.7. The first-order valence-corrected chi connectivity index (χ1v) is 7.79. The number of nitrogens with zero attached hydrogens (tertiary/aromatic N) is 1. The summed E-state index contributed by atoms with van der Waals surface area (Å²) in [5.74, 6) is 0.731. The largest absolute Gasteiger partial charge is 0.496 e. The first-order chi connectivity index (χ1) is 10.8. The zero-order chi connectivity index (χ0) is 17.2. The predicted octanol–water partition coefficient (Wildman–Crippen LogP) is 2.58. The average molecular weight is 318 g/mol. The van der Waals surface area contributed by atoms with Crippen LogP contribution in [0.4, 0.5) is 0 Å². The summed E-state index contributed by atoms with van der Waals surface area (Å²) in [6.07, 6.45) is 2.12. The number of likely N-dealkylation sites (N-methyl/N-ethyl adjacent to an activating group) is 1. The van der Waals surface area contributed by atoms with Gasteiger partial charge in [0, 0.05) is 24.1 Å². The van der Waals surface area contributed by atoms with Crippen LogP contribution in [0.1, 0.15) is 26.3 Å². The Hall–Kier alpha value is -2.01. The van der Waals surface area contributed by atoms with Gasteiger partial charge in [0.1, 0.15) is 5.75 Å². The van der Waals surface area contributed by atoms with Gasteiger partial charge in [0.25, 0.3) is 0 Å². The summed E-state index contributed by atoms with van der Waals surface area (Å²) in [6.45, 7) is 6.01. The lowest BCUT2D eigenvalue weighted by Gasteiger charge is -2.36. The number of hydrogen-bond donors (Lipinski definition) is 2. The standard InChI is InChI=1S/C18H26N2O3/c1-18(2,3)15(11-21)20(4)16(22)9-12-10-19-13-7-6-8-14(23-5)17(12)13/h6-8,10,15,19,21H,9,11H2,1-5H3. The molecule has 0 radical (unpaired) electrons. The van der Waals surface area contributed by atoms with E-state index in [1.54, 1.807) is 19.1 Å². The number of methoxy groups -OCH3 is 1. The van der Waals surface area contributed by atoms with E-state index in [-0.39, 0.29) is 30.4 Å². The SMILES string of the molecule is COc1cccc2[nH]cc(CC(=O)N(C)C(CO)C(C)(C)C)c12. The lowest BCUT2D eigenvalue weighted by Crippen LogP contribution is -2.47. The fraction of sp³-hybridized carbons (Fsp3) is 0.500. The number of ether oxygens (including phenoxy) is 1. The highest BCUT2D eigenvalue weighted by Gasteiger charge is 2.30. The van der Waals surface area contributed by atoms with Crippen molar-refractivity contribution in [2.24, 2.45) is 5.41 Å². The summed E-state index contributed by atoms with van der Waals surface area (Å²) in [5, 5.41) is 10.6. The molecular weight excluding hydrogens is 292 g/mol. The van der Waals surface area contributed by atoms with Gasteiger partial charge in [-0.15, -0.1) is 0 Å². The van der Waals surface area contributed by atoms with Crippen molar-refractivity contribution >= 4 is 16.8 Å². The van der Waals surface area contributed by atoms with Gasteiger partial charge in [0.15, 0.2) is 0 Å². The molecule has 0 aliphatic heterocycles. The van der Waals surface area contributed by atoms with E-state index in [1.165, 1.54) is 0 Å². The van der Waals surface area contributed by atoms with Crippen LogP contribution in [0.5, 0.6) is 5.75 Å². The minimum Gasteiger partial charge on any atom is -0.496 e. The van der Waals surface area contributed by atoms with E-state index < -0.39 is 0 Å². The normalized spacial score (nSPS) is 13.1. The Labute approximate surface area is 137 Å². The molecule has 5 nitrogen and oxygen atoms in total. The zero-order valence-electron chi connectivity index (χ0n) is 14.5. The Balaban J connectivity index is 2.27. The van der Waals surface area contributed by atoms with Crippen LogP contribution in [-0.2, 0) is 11.2 Å². The molecule has 2 aromatic rings. The van der Waals surface area contributed by atoms with Gasteiger partial charge in [0.2, 0.25) is 5.91 Å². The third kappa shape index (κ3) is 3.50. The average Bonchev–Trinajstić information content (AvgIpc) is 2.89. The lowest BCUT2D eigenvalue weighted by molar-refractivity contribution is -0.134. The highest BCUT2D eigenvalue weighted by atomic mass is 16.5. The smallest absolute Gasteiger partial charge is 0.227 e. The topological polar surface area (TPSA) is 65.6 Å². The van der Waals surface area contributed by atoms with Gasteiger partial charge in [0.05, 0.1) is 26.2 Å². The van der Waals surface area contributed by atoms with Crippen LogP contribution in [-0.4, -0.2) is 47.7 Å². The number of aliphatic hydroxyl groups excluding tert-OH is 1. The number of amides is 1. The minimum absolute atomic E-state index is 0.0224. The molecule has 0 aliphatic carbocycles. The summed E-state index contributed by atoms with van der Waals surface area (Å²) in [7, 11) is 3.38. The molecule has 1 unspecified atom stereocenters. The second-order valence-corrected chi connectivity index (χ2v) is 6.94. The van der Waals surface area contributed by atoms with Gasteiger partial charge in [-0.3, -0.25) is 4.79 Å². The fourth-order valence-corrected chi connectivity index (χ4v) is 2.97. The number of aliphatic hydroxyl groups is 1. The molecular formula is C18H26N2O3. The van der Waals surface area contributed by atoms with Crippen LogP contribution in [0.15, 0.2) is 24.4 Å². The maximum absolute atomic E-state index is 12.7. The van der Waals surface area contributed by atoms with Crippen LogP contribution < -0.4 is 4.74 Å². The number of aromatic amines is 1. The molecule has 1 heterocycles. The Kier molecular flexibility index (Phi) is 5.00. The Bertz CT molecular complexity index is 685. The van der Waals surface area contributed by atoms with Gasteiger partial charge in [-0.1, -0.05) is 26.8 Å². The molecule has 0 bridgehead atoms. The van der Waals surface area contributed by atoms with E-state index in [9.17, 15) is 9.90 Å². The minimum atomic E-state index is -0.220. The number of fused-ring (bicyclic) bond motifs is 1. The summed E-state index contributed by atoms with van der Waals surface area (Å²) in [5.41, 5.74) is 1.67. The fourth-order valence-electron chi connectivity index (χ4n) is 2.97. The molecule has 5 heteroatoms. The van der Waals surface area contributed by atoms with Gasteiger partial charge in [-0.25, -0.2) is 0 Å². The molecule has 1 atom stereocenters. The molecule has 1 amide bonds. The van der Waals surface area contributed by atoms with Crippen molar-refractivity contribution in [3.8, 4) is 5.75 Å². The van der Waals surface area contributed by atoms with Gasteiger partial charge in [-0.05, 0) is 23.1 Å². The highest BCUT2D eigenvalue weighted by molar-refractivity contribution is 5.93. The molecule has 2 rings (SSSR count). The van der Waals surface area contributed by atoms with Crippen LogP contribution in [0.2, 0.25) is 0 Å². The Morgan fingerprint density at radius 1 is 1.39 bits per heavy atom. The molecule has 0 saturated heterocycles. The number of aromatic nitrogens is 1. The number of carbonyl (C=O) groups is 1. The van der Waals surface area contributed by atoms with Crippen molar-refractivity contribution < 1.29 is 14.6 Å². The molecule has 0 aliphatic rings. The first-order valence-electron chi connectivity index (χ1n) is 7.79. The molecule has 1 aromatic carbocycles. The summed E-state index contributed by atoms with van der Waals surface area (Å²) < 4.78 is 5.41. The Morgan fingerprint density at radius 2 is 2.09 bits per heavy atom. The van der Waals surface area contributed by atoms with Crippen molar-refractivity contribution in [3.05, 3.63) is 30.0 Å². The Morgan fingerprint density at radius 3 is 2.65 bits per heavy atom. The van der Waals surface area contributed by atoms with Crippen molar-refractivity contribution in [2.45, 2.75) is 33.2 Å². The van der Waals surface area contributed by atoms with Crippen molar-refractivity contribution in [1.29, 1.82) is 0 Å². The number of nitrogens with one attached hydrogen (secondary N) is 1. The van der Waals surface area contributed by atoms with E-state index in [0.717, 1.165) is 22.2 Å². The summed E-state index contributed by atoms with van der Waals surface area (Å²) in [4.78, 5) is 17.5. The molecule has 0 spiro atoms.